The Bertz CT molecular complexity index is 633. The predicted molar refractivity (Wildman–Crippen MR) is 80.5 cm³/mol. The number of carbonyl (C=O) groups excluding carboxylic acids is 1. The fourth-order valence-electron chi connectivity index (χ4n) is 1.27. The molecule has 102 valence electrons. The van der Waals surface area contributed by atoms with Crippen molar-refractivity contribution in [2.24, 2.45) is 5.73 Å². The number of rotatable bonds is 6. The first-order valence-electron chi connectivity index (χ1n) is 5.54. The highest BCUT2D eigenvalue weighted by molar-refractivity contribution is 8.03. The van der Waals surface area contributed by atoms with Gasteiger partial charge in [-0.3, -0.25) is 4.79 Å². The molecule has 0 aliphatic carbocycles. The standard InChI is InChI=1S/C12H10N4OS3/c13-5-8-1-3-9(4-2-8)6-18-11-15-16-12(20-11)19-7-10(14)17/h1-4H,6-7H2,(H2,14,17). The number of nitrogens with two attached hydrogens (primary N) is 1. The van der Waals surface area contributed by atoms with Crippen molar-refractivity contribution in [2.45, 2.75) is 14.4 Å². The van der Waals surface area contributed by atoms with E-state index >= 15 is 0 Å². The number of aromatic nitrogens is 2. The molecular formula is C12H10N4OS3. The Balaban J connectivity index is 1.87. The van der Waals surface area contributed by atoms with Gasteiger partial charge >= 0.3 is 0 Å². The maximum Gasteiger partial charge on any atom is 0.227 e. The zero-order valence-electron chi connectivity index (χ0n) is 10.3. The molecule has 1 aromatic carbocycles. The number of nitriles is 1. The quantitative estimate of drug-likeness (QED) is 0.820. The summed E-state index contributed by atoms with van der Waals surface area (Å²) >= 11 is 4.32. The van der Waals surface area contributed by atoms with E-state index in [4.69, 9.17) is 11.0 Å². The molecule has 1 heterocycles. The second kappa shape index (κ2) is 7.28. The van der Waals surface area contributed by atoms with E-state index in [1.54, 1.807) is 23.9 Å². The molecule has 2 N–H and O–H groups in total. The summed E-state index contributed by atoms with van der Waals surface area (Å²) in [5.41, 5.74) is 6.85. The largest absolute Gasteiger partial charge is 0.369 e. The Morgan fingerprint density at radius 2 is 1.90 bits per heavy atom. The van der Waals surface area contributed by atoms with Crippen LogP contribution in [0.4, 0.5) is 0 Å². The minimum Gasteiger partial charge on any atom is -0.369 e. The number of thioether (sulfide) groups is 2. The Kier molecular flexibility index (Phi) is 5.40. The molecule has 8 heteroatoms. The van der Waals surface area contributed by atoms with E-state index in [1.165, 1.54) is 23.1 Å². The van der Waals surface area contributed by atoms with Crippen molar-refractivity contribution in [3.8, 4) is 6.07 Å². The van der Waals surface area contributed by atoms with Crippen LogP contribution >= 0.6 is 34.9 Å². The zero-order chi connectivity index (χ0) is 14.4. The molecule has 5 nitrogen and oxygen atoms in total. The average Bonchev–Trinajstić information content (AvgIpc) is 2.91. The highest BCUT2D eigenvalue weighted by Crippen LogP contribution is 2.30. The molecule has 0 saturated heterocycles. The lowest BCUT2D eigenvalue weighted by Crippen LogP contribution is -2.12. The molecule has 0 spiro atoms. The van der Waals surface area contributed by atoms with Crippen LogP contribution in [0.2, 0.25) is 0 Å². The summed E-state index contributed by atoms with van der Waals surface area (Å²) in [7, 11) is 0. The topological polar surface area (TPSA) is 92.7 Å². The molecule has 0 aliphatic rings. The number of benzene rings is 1. The molecule has 0 bridgehead atoms. The van der Waals surface area contributed by atoms with Gasteiger partial charge in [0.1, 0.15) is 0 Å². The van der Waals surface area contributed by atoms with Crippen LogP contribution in [0.3, 0.4) is 0 Å². The summed E-state index contributed by atoms with van der Waals surface area (Å²) in [6.45, 7) is 0. The number of hydrogen-bond acceptors (Lipinski definition) is 7. The zero-order valence-corrected chi connectivity index (χ0v) is 12.7. The van der Waals surface area contributed by atoms with E-state index in [9.17, 15) is 4.79 Å². The van der Waals surface area contributed by atoms with E-state index in [0.717, 1.165) is 20.0 Å². The summed E-state index contributed by atoms with van der Waals surface area (Å²) < 4.78 is 1.59. The highest BCUT2D eigenvalue weighted by atomic mass is 32.2. The Hall–Kier alpha value is -1.56. The van der Waals surface area contributed by atoms with Crippen LogP contribution in [0.25, 0.3) is 0 Å². The summed E-state index contributed by atoms with van der Waals surface area (Å²) in [6.07, 6.45) is 0. The number of hydrogen-bond donors (Lipinski definition) is 1. The maximum absolute atomic E-state index is 10.7. The molecule has 1 aromatic heterocycles. The molecule has 0 radical (unpaired) electrons. The first kappa shape index (κ1) is 14.8. The lowest BCUT2D eigenvalue weighted by Gasteiger charge is -1.98. The van der Waals surface area contributed by atoms with Gasteiger partial charge in [-0.05, 0) is 17.7 Å². The van der Waals surface area contributed by atoms with E-state index in [2.05, 4.69) is 16.3 Å². The van der Waals surface area contributed by atoms with Crippen LogP contribution < -0.4 is 5.73 Å². The third-order valence-corrected chi connectivity index (χ3v) is 5.45. The van der Waals surface area contributed by atoms with E-state index < -0.39 is 0 Å². The highest BCUT2D eigenvalue weighted by Gasteiger charge is 2.07. The second-order valence-electron chi connectivity index (χ2n) is 3.69. The van der Waals surface area contributed by atoms with E-state index in [0.29, 0.717) is 5.56 Å². The Morgan fingerprint density at radius 1 is 1.25 bits per heavy atom. The van der Waals surface area contributed by atoms with Crippen molar-refractivity contribution < 1.29 is 4.79 Å². The van der Waals surface area contributed by atoms with Crippen molar-refractivity contribution in [1.29, 1.82) is 5.26 Å². The van der Waals surface area contributed by atoms with E-state index in [-0.39, 0.29) is 11.7 Å². The second-order valence-corrected chi connectivity index (χ2v) is 7.11. The molecule has 20 heavy (non-hydrogen) atoms. The van der Waals surface area contributed by atoms with Crippen LogP contribution in [-0.2, 0) is 10.5 Å². The van der Waals surface area contributed by atoms with Gasteiger partial charge in [0.15, 0.2) is 8.68 Å². The van der Waals surface area contributed by atoms with Gasteiger partial charge in [0, 0.05) is 5.75 Å². The number of primary amides is 1. The molecule has 0 aliphatic heterocycles. The van der Waals surface area contributed by atoms with Crippen molar-refractivity contribution in [3.63, 3.8) is 0 Å². The molecule has 0 saturated carbocycles. The molecule has 0 atom stereocenters. The van der Waals surface area contributed by atoms with Crippen molar-refractivity contribution in [3.05, 3.63) is 35.4 Å². The minimum absolute atomic E-state index is 0.217. The molecular weight excluding hydrogens is 312 g/mol. The number of carbonyl (C=O) groups is 1. The van der Waals surface area contributed by atoms with Crippen molar-refractivity contribution in [1.82, 2.24) is 10.2 Å². The smallest absolute Gasteiger partial charge is 0.227 e. The van der Waals surface area contributed by atoms with Crippen LogP contribution in [0.1, 0.15) is 11.1 Å². The van der Waals surface area contributed by atoms with Crippen molar-refractivity contribution >= 4 is 40.8 Å². The molecule has 2 rings (SSSR count). The maximum atomic E-state index is 10.7. The monoisotopic (exact) mass is 322 g/mol. The van der Waals surface area contributed by atoms with E-state index in [1.807, 2.05) is 12.1 Å². The van der Waals surface area contributed by atoms with Gasteiger partial charge in [0.2, 0.25) is 5.91 Å². The van der Waals surface area contributed by atoms with Crippen LogP contribution in [-0.4, -0.2) is 21.9 Å². The lowest BCUT2D eigenvalue weighted by atomic mass is 10.2. The average molecular weight is 322 g/mol. The molecule has 0 fully saturated rings. The number of amides is 1. The Labute approximate surface area is 128 Å². The third-order valence-electron chi connectivity index (χ3n) is 2.17. The normalized spacial score (nSPS) is 10.2. The minimum atomic E-state index is -0.364. The van der Waals surface area contributed by atoms with Gasteiger partial charge in [-0.25, -0.2) is 0 Å². The molecule has 0 unspecified atom stereocenters. The number of nitrogens with zero attached hydrogens (tertiary/aromatic N) is 3. The lowest BCUT2D eigenvalue weighted by molar-refractivity contribution is -0.115. The van der Waals surface area contributed by atoms with Crippen molar-refractivity contribution in [2.75, 3.05) is 5.75 Å². The first-order valence-corrected chi connectivity index (χ1v) is 8.32. The summed E-state index contributed by atoms with van der Waals surface area (Å²) in [6, 6.07) is 9.53. The van der Waals surface area contributed by atoms with Gasteiger partial charge in [-0.15, -0.1) is 10.2 Å². The summed E-state index contributed by atoms with van der Waals surface area (Å²) in [4.78, 5) is 10.7. The summed E-state index contributed by atoms with van der Waals surface area (Å²) in [5.74, 6) is 0.618. The van der Waals surface area contributed by atoms with Gasteiger partial charge < -0.3 is 5.73 Å². The predicted octanol–water partition coefficient (Wildman–Crippen LogP) is 2.28. The Morgan fingerprint density at radius 3 is 2.50 bits per heavy atom. The van der Waals surface area contributed by atoms with Gasteiger partial charge in [-0.2, -0.15) is 5.26 Å². The van der Waals surface area contributed by atoms with Gasteiger partial charge in [-0.1, -0.05) is 47.0 Å². The molecule has 2 aromatic rings. The molecule has 1 amide bonds. The van der Waals surface area contributed by atoms with Crippen LogP contribution in [0.5, 0.6) is 0 Å². The van der Waals surface area contributed by atoms with Gasteiger partial charge in [0.05, 0.1) is 17.4 Å². The summed E-state index contributed by atoms with van der Waals surface area (Å²) in [5, 5.41) is 16.8. The fourth-order valence-corrected chi connectivity index (χ4v) is 3.98. The first-order chi connectivity index (χ1) is 9.67. The third kappa shape index (κ3) is 4.52. The fraction of sp³-hybridized carbons (Fsp3) is 0.167. The van der Waals surface area contributed by atoms with Crippen LogP contribution in [0.15, 0.2) is 32.9 Å². The van der Waals surface area contributed by atoms with Gasteiger partial charge in [0.25, 0.3) is 0 Å². The SMILES string of the molecule is N#Cc1ccc(CSc2nnc(SCC(N)=O)s2)cc1. The van der Waals surface area contributed by atoms with Crippen LogP contribution in [0, 0.1) is 11.3 Å².